The Kier molecular flexibility index (Phi) is 2.20. The van der Waals surface area contributed by atoms with Gasteiger partial charge in [-0.05, 0) is 25.1 Å². The maximum atomic E-state index is 11.7. The molecule has 0 saturated carbocycles. The first-order valence-electron chi connectivity index (χ1n) is 4.41. The number of ketones is 3. The van der Waals surface area contributed by atoms with E-state index in [0.29, 0.717) is 10.6 Å². The molecule has 2 rings (SSSR count). The third-order valence-corrected chi connectivity index (χ3v) is 2.68. The Bertz CT molecular complexity index is 491. The highest BCUT2D eigenvalue weighted by Gasteiger charge is 2.41. The summed E-state index contributed by atoms with van der Waals surface area (Å²) in [5.41, 5.74) is 0.553. The summed E-state index contributed by atoms with van der Waals surface area (Å²) in [5, 5.41) is 0.388. The van der Waals surface area contributed by atoms with Crippen molar-refractivity contribution in [2.45, 2.75) is 6.92 Å². The van der Waals surface area contributed by atoms with E-state index in [0.717, 1.165) is 0 Å². The summed E-state index contributed by atoms with van der Waals surface area (Å²) in [6, 6.07) is 4.45. The van der Waals surface area contributed by atoms with Gasteiger partial charge in [-0.15, -0.1) is 0 Å². The monoisotopic (exact) mass is 222 g/mol. The molecule has 1 unspecified atom stereocenters. The molecular weight excluding hydrogens is 216 g/mol. The van der Waals surface area contributed by atoms with E-state index in [-0.39, 0.29) is 5.56 Å². The van der Waals surface area contributed by atoms with Gasteiger partial charge < -0.3 is 0 Å². The molecule has 4 heteroatoms. The lowest BCUT2D eigenvalue weighted by molar-refractivity contribution is -0.118. The molecule has 0 spiro atoms. The Balaban J connectivity index is 2.60. The van der Waals surface area contributed by atoms with Gasteiger partial charge in [0.15, 0.2) is 11.6 Å². The fourth-order valence-corrected chi connectivity index (χ4v) is 1.91. The molecular formula is C11H7ClO3. The summed E-state index contributed by atoms with van der Waals surface area (Å²) in [5.74, 6) is -2.43. The molecule has 0 heterocycles. The quantitative estimate of drug-likeness (QED) is 0.683. The number of benzene rings is 1. The van der Waals surface area contributed by atoms with Gasteiger partial charge in [0.2, 0.25) is 0 Å². The number of fused-ring (bicyclic) bond motifs is 1. The van der Waals surface area contributed by atoms with Crippen LogP contribution in [0.3, 0.4) is 0 Å². The van der Waals surface area contributed by atoms with Gasteiger partial charge in [0, 0.05) is 16.1 Å². The molecule has 0 aromatic heterocycles. The third kappa shape index (κ3) is 1.39. The van der Waals surface area contributed by atoms with Gasteiger partial charge in [-0.25, -0.2) is 0 Å². The highest BCUT2D eigenvalue weighted by molar-refractivity contribution is 6.37. The second-order valence-electron chi connectivity index (χ2n) is 3.46. The Morgan fingerprint density at radius 2 is 1.80 bits per heavy atom. The van der Waals surface area contributed by atoms with Crippen LogP contribution in [0, 0.1) is 5.92 Å². The number of hydrogen-bond acceptors (Lipinski definition) is 3. The molecule has 1 aromatic rings. The minimum atomic E-state index is -1.15. The van der Waals surface area contributed by atoms with Crippen molar-refractivity contribution in [1.82, 2.24) is 0 Å². The van der Waals surface area contributed by atoms with Crippen LogP contribution in [0.4, 0.5) is 0 Å². The minimum absolute atomic E-state index is 0.257. The van der Waals surface area contributed by atoms with Crippen LogP contribution in [0.15, 0.2) is 18.2 Å². The lowest BCUT2D eigenvalue weighted by Gasteiger charge is -1.98. The number of Topliss-reactive ketones (excluding diaryl/α,β-unsaturated/α-hetero) is 3. The van der Waals surface area contributed by atoms with Crippen molar-refractivity contribution in [3.8, 4) is 0 Å². The van der Waals surface area contributed by atoms with Crippen molar-refractivity contribution in [2.24, 2.45) is 5.92 Å². The molecule has 1 aliphatic carbocycles. The topological polar surface area (TPSA) is 51.2 Å². The van der Waals surface area contributed by atoms with Crippen LogP contribution in [-0.4, -0.2) is 17.3 Å². The van der Waals surface area contributed by atoms with Crippen LogP contribution < -0.4 is 0 Å². The fourth-order valence-electron chi connectivity index (χ4n) is 1.73. The zero-order valence-corrected chi connectivity index (χ0v) is 8.67. The molecule has 76 valence electrons. The molecule has 3 nitrogen and oxygen atoms in total. The molecule has 0 radical (unpaired) electrons. The number of carbonyl (C=O) groups excluding carboxylic acids is 3. The van der Waals surface area contributed by atoms with Crippen molar-refractivity contribution < 1.29 is 14.4 Å². The fraction of sp³-hybridized carbons (Fsp3) is 0.182. The van der Waals surface area contributed by atoms with Gasteiger partial charge in [0.25, 0.3) is 0 Å². The second-order valence-corrected chi connectivity index (χ2v) is 3.90. The predicted molar refractivity (Wildman–Crippen MR) is 54.3 cm³/mol. The zero-order chi connectivity index (χ0) is 11.2. The van der Waals surface area contributed by atoms with Crippen LogP contribution in [0.5, 0.6) is 0 Å². The van der Waals surface area contributed by atoms with Gasteiger partial charge in [0.05, 0.1) is 0 Å². The molecule has 15 heavy (non-hydrogen) atoms. The number of halogens is 1. The molecule has 0 fully saturated rings. The molecule has 0 saturated heterocycles. The summed E-state index contributed by atoms with van der Waals surface area (Å²) in [6.07, 6.45) is 0. The molecule has 1 aromatic carbocycles. The van der Waals surface area contributed by atoms with Crippen molar-refractivity contribution in [2.75, 3.05) is 0 Å². The first kappa shape index (κ1) is 10.1. The largest absolute Gasteiger partial charge is 0.299 e. The van der Waals surface area contributed by atoms with Crippen molar-refractivity contribution >= 4 is 29.0 Å². The molecule has 0 aliphatic heterocycles. The van der Waals surface area contributed by atoms with E-state index in [4.69, 9.17) is 11.6 Å². The predicted octanol–water partition coefficient (Wildman–Crippen LogP) is 1.92. The summed E-state index contributed by atoms with van der Waals surface area (Å²) in [7, 11) is 0. The third-order valence-electron chi connectivity index (χ3n) is 2.44. The Labute approximate surface area is 91.0 Å². The summed E-state index contributed by atoms with van der Waals surface area (Å²) in [6.45, 7) is 1.24. The first-order valence-corrected chi connectivity index (χ1v) is 4.78. The minimum Gasteiger partial charge on any atom is -0.299 e. The molecule has 0 bridgehead atoms. The van der Waals surface area contributed by atoms with Gasteiger partial charge in [-0.3, -0.25) is 14.4 Å². The Morgan fingerprint density at radius 1 is 1.20 bits per heavy atom. The van der Waals surface area contributed by atoms with Crippen LogP contribution in [-0.2, 0) is 4.79 Å². The van der Waals surface area contributed by atoms with Crippen LogP contribution in [0.2, 0.25) is 5.02 Å². The van der Waals surface area contributed by atoms with E-state index >= 15 is 0 Å². The van der Waals surface area contributed by atoms with Gasteiger partial charge in [-0.1, -0.05) is 11.6 Å². The maximum Gasteiger partial charge on any atom is 0.181 e. The van der Waals surface area contributed by atoms with E-state index in [1.165, 1.54) is 25.1 Å². The zero-order valence-electron chi connectivity index (χ0n) is 7.91. The number of rotatable bonds is 1. The van der Waals surface area contributed by atoms with E-state index in [1.54, 1.807) is 0 Å². The average molecular weight is 223 g/mol. The number of carbonyl (C=O) groups is 3. The van der Waals surface area contributed by atoms with Gasteiger partial charge in [0.1, 0.15) is 11.7 Å². The highest BCUT2D eigenvalue weighted by atomic mass is 35.5. The molecule has 1 aliphatic rings. The smallest absolute Gasteiger partial charge is 0.181 e. The molecule has 0 amide bonds. The van der Waals surface area contributed by atoms with Crippen LogP contribution in [0.25, 0.3) is 0 Å². The summed E-state index contributed by atoms with van der Waals surface area (Å²) in [4.78, 5) is 34.5. The summed E-state index contributed by atoms with van der Waals surface area (Å²) >= 11 is 5.72. The second kappa shape index (κ2) is 3.28. The van der Waals surface area contributed by atoms with Crippen LogP contribution >= 0.6 is 11.6 Å². The SMILES string of the molecule is CC(=O)C1C(=O)c2ccc(Cl)cc2C1=O. The lowest BCUT2D eigenvalue weighted by atomic mass is 10.00. The van der Waals surface area contributed by atoms with Gasteiger partial charge >= 0.3 is 0 Å². The molecule has 1 atom stereocenters. The summed E-state index contributed by atoms with van der Waals surface area (Å²) < 4.78 is 0. The Hall–Kier alpha value is -1.48. The molecule has 0 N–H and O–H groups in total. The Morgan fingerprint density at radius 3 is 2.40 bits per heavy atom. The lowest BCUT2D eigenvalue weighted by Crippen LogP contribution is -2.22. The average Bonchev–Trinajstić information content (AvgIpc) is 2.39. The standard InChI is InChI=1S/C11H7ClO3/c1-5(13)9-10(14)7-3-2-6(12)4-8(7)11(9)15/h2-4,9H,1H3. The normalized spacial score (nSPS) is 19.2. The van der Waals surface area contributed by atoms with Crippen molar-refractivity contribution in [3.63, 3.8) is 0 Å². The van der Waals surface area contributed by atoms with Crippen LogP contribution in [0.1, 0.15) is 27.6 Å². The highest BCUT2D eigenvalue weighted by Crippen LogP contribution is 2.29. The van der Waals surface area contributed by atoms with Crippen molar-refractivity contribution in [3.05, 3.63) is 34.3 Å². The first-order chi connectivity index (χ1) is 7.02. The van der Waals surface area contributed by atoms with E-state index in [1.807, 2.05) is 0 Å². The van der Waals surface area contributed by atoms with E-state index in [9.17, 15) is 14.4 Å². The number of hydrogen-bond donors (Lipinski definition) is 0. The van der Waals surface area contributed by atoms with Gasteiger partial charge in [-0.2, -0.15) is 0 Å². The van der Waals surface area contributed by atoms with E-state index in [2.05, 4.69) is 0 Å². The van der Waals surface area contributed by atoms with Crippen molar-refractivity contribution in [1.29, 1.82) is 0 Å². The maximum absolute atomic E-state index is 11.7. The van der Waals surface area contributed by atoms with E-state index < -0.39 is 23.3 Å².